The summed E-state index contributed by atoms with van der Waals surface area (Å²) in [5, 5.41) is 0. The fourth-order valence-corrected chi connectivity index (χ4v) is 2.21. The Kier molecular flexibility index (Phi) is 5.26. The second-order valence-electron chi connectivity index (χ2n) is 5.43. The van der Waals surface area contributed by atoms with Gasteiger partial charge in [-0.1, -0.05) is 33.1 Å². The summed E-state index contributed by atoms with van der Waals surface area (Å²) >= 11 is 0. The van der Waals surface area contributed by atoms with Gasteiger partial charge < -0.3 is 10.6 Å². The van der Waals surface area contributed by atoms with Crippen LogP contribution in [0.2, 0.25) is 0 Å². The van der Waals surface area contributed by atoms with Crippen LogP contribution in [-0.4, -0.2) is 30.9 Å². The van der Waals surface area contributed by atoms with E-state index in [1.807, 2.05) is 11.9 Å². The summed E-state index contributed by atoms with van der Waals surface area (Å²) in [6, 6.07) is 0. The van der Waals surface area contributed by atoms with Gasteiger partial charge in [-0.25, -0.2) is 0 Å². The molecule has 0 bridgehead atoms. The van der Waals surface area contributed by atoms with E-state index in [1.54, 1.807) is 0 Å². The quantitative estimate of drug-likeness (QED) is 0.751. The third-order valence-electron chi connectivity index (χ3n) is 3.85. The van der Waals surface area contributed by atoms with Crippen molar-refractivity contribution in [1.82, 2.24) is 4.90 Å². The minimum Gasteiger partial charge on any atom is -0.345 e. The first kappa shape index (κ1) is 13.5. The molecule has 1 atom stereocenters. The number of amides is 1. The number of hydrogen-bond acceptors (Lipinski definition) is 2. The number of nitrogens with two attached hydrogens (primary N) is 1. The van der Waals surface area contributed by atoms with Gasteiger partial charge in [-0.3, -0.25) is 4.79 Å². The van der Waals surface area contributed by atoms with E-state index in [0.717, 1.165) is 18.9 Å². The van der Waals surface area contributed by atoms with Gasteiger partial charge in [0.15, 0.2) is 0 Å². The Bertz CT molecular complexity index is 224. The minimum absolute atomic E-state index is 0.00797. The predicted octanol–water partition coefficient (Wildman–Crippen LogP) is 1.87. The summed E-state index contributed by atoms with van der Waals surface area (Å²) in [5.74, 6) is 1.41. The molecule has 1 amide bonds. The number of hydrogen-bond donors (Lipinski definition) is 1. The van der Waals surface area contributed by atoms with Gasteiger partial charge in [-0.05, 0) is 18.3 Å². The molecule has 0 aromatic rings. The largest absolute Gasteiger partial charge is 0.345 e. The molecule has 1 fully saturated rings. The molecule has 0 aromatic heterocycles. The molecule has 0 radical (unpaired) electrons. The molecule has 1 aliphatic carbocycles. The van der Waals surface area contributed by atoms with Crippen molar-refractivity contribution in [2.45, 2.75) is 39.5 Å². The topological polar surface area (TPSA) is 46.3 Å². The van der Waals surface area contributed by atoms with E-state index in [9.17, 15) is 4.79 Å². The molecule has 1 unspecified atom stereocenters. The third kappa shape index (κ3) is 3.48. The average Bonchev–Trinajstić information content (AvgIpc) is 2.15. The van der Waals surface area contributed by atoms with Crippen molar-refractivity contribution in [2.24, 2.45) is 23.5 Å². The van der Waals surface area contributed by atoms with Crippen LogP contribution < -0.4 is 5.73 Å². The molecule has 0 heterocycles. The molecule has 1 aliphatic rings. The van der Waals surface area contributed by atoms with Gasteiger partial charge in [0.1, 0.15) is 0 Å². The molecule has 3 nitrogen and oxygen atoms in total. The van der Waals surface area contributed by atoms with E-state index in [4.69, 9.17) is 5.73 Å². The second-order valence-corrected chi connectivity index (χ2v) is 5.43. The van der Waals surface area contributed by atoms with Gasteiger partial charge >= 0.3 is 0 Å². The molecule has 0 aromatic carbocycles. The summed E-state index contributed by atoms with van der Waals surface area (Å²) in [7, 11) is 1.91. The highest BCUT2D eigenvalue weighted by atomic mass is 16.2. The summed E-state index contributed by atoms with van der Waals surface area (Å²) in [6.07, 6.45) is 5.25. The molecule has 0 aliphatic heterocycles. The second kappa shape index (κ2) is 6.24. The average molecular weight is 226 g/mol. The fourth-order valence-electron chi connectivity index (χ4n) is 2.21. The molecule has 3 heteroatoms. The van der Waals surface area contributed by atoms with E-state index < -0.39 is 0 Å². The maximum atomic E-state index is 12.1. The lowest BCUT2D eigenvalue weighted by Crippen LogP contribution is -2.40. The Hall–Kier alpha value is -0.570. The van der Waals surface area contributed by atoms with E-state index in [-0.39, 0.29) is 11.8 Å². The van der Waals surface area contributed by atoms with E-state index >= 15 is 0 Å². The first-order valence-corrected chi connectivity index (χ1v) is 6.51. The molecule has 0 saturated heterocycles. The first-order valence-electron chi connectivity index (χ1n) is 6.51. The third-order valence-corrected chi connectivity index (χ3v) is 3.85. The zero-order valence-corrected chi connectivity index (χ0v) is 10.9. The minimum atomic E-state index is -0.00797. The van der Waals surface area contributed by atoms with Gasteiger partial charge in [0.25, 0.3) is 0 Å². The van der Waals surface area contributed by atoms with Gasteiger partial charge in [0, 0.05) is 20.1 Å². The fraction of sp³-hybridized carbons (Fsp3) is 0.923. The standard InChI is InChI=1S/C13H26N2O/c1-10(2)12(9-14)13(16)15(3)8-7-11-5-4-6-11/h10-12H,4-9,14H2,1-3H3. The summed E-state index contributed by atoms with van der Waals surface area (Å²) in [5.41, 5.74) is 5.66. The van der Waals surface area contributed by atoms with Crippen molar-refractivity contribution in [3.05, 3.63) is 0 Å². The first-order chi connectivity index (χ1) is 7.56. The van der Waals surface area contributed by atoms with Gasteiger partial charge in [0.2, 0.25) is 5.91 Å². The predicted molar refractivity (Wildman–Crippen MR) is 67.0 cm³/mol. The van der Waals surface area contributed by atoms with Gasteiger partial charge in [0.05, 0.1) is 5.92 Å². The summed E-state index contributed by atoms with van der Waals surface area (Å²) in [4.78, 5) is 14.0. The van der Waals surface area contributed by atoms with Crippen molar-refractivity contribution in [2.75, 3.05) is 20.1 Å². The zero-order chi connectivity index (χ0) is 12.1. The Morgan fingerprint density at radius 3 is 2.44 bits per heavy atom. The molecular formula is C13H26N2O. The van der Waals surface area contributed by atoms with E-state index in [1.165, 1.54) is 19.3 Å². The number of rotatable bonds is 6. The molecule has 16 heavy (non-hydrogen) atoms. The van der Waals surface area contributed by atoms with Crippen LogP contribution in [0.1, 0.15) is 39.5 Å². The van der Waals surface area contributed by atoms with Crippen LogP contribution in [0.3, 0.4) is 0 Å². The van der Waals surface area contributed by atoms with Crippen LogP contribution >= 0.6 is 0 Å². The molecule has 2 N–H and O–H groups in total. The lowest BCUT2D eigenvalue weighted by molar-refractivity contribution is -0.135. The summed E-state index contributed by atoms with van der Waals surface area (Å²) < 4.78 is 0. The molecule has 1 rings (SSSR count). The van der Waals surface area contributed by atoms with Crippen molar-refractivity contribution >= 4 is 5.91 Å². The van der Waals surface area contributed by atoms with Crippen molar-refractivity contribution in [1.29, 1.82) is 0 Å². The number of nitrogens with zero attached hydrogens (tertiary/aromatic N) is 1. The highest BCUT2D eigenvalue weighted by molar-refractivity contribution is 5.79. The monoisotopic (exact) mass is 226 g/mol. The smallest absolute Gasteiger partial charge is 0.226 e. The highest BCUT2D eigenvalue weighted by Crippen LogP contribution is 2.29. The molecule has 0 spiro atoms. The van der Waals surface area contributed by atoms with Crippen LogP contribution in [0, 0.1) is 17.8 Å². The Labute approximate surface area is 99.4 Å². The number of carbonyl (C=O) groups excluding carboxylic acids is 1. The molecular weight excluding hydrogens is 200 g/mol. The lowest BCUT2D eigenvalue weighted by atomic mass is 9.83. The Morgan fingerprint density at radius 1 is 1.44 bits per heavy atom. The maximum Gasteiger partial charge on any atom is 0.226 e. The van der Waals surface area contributed by atoms with E-state index in [0.29, 0.717) is 12.5 Å². The zero-order valence-electron chi connectivity index (χ0n) is 10.9. The number of carbonyl (C=O) groups is 1. The molecule has 1 saturated carbocycles. The maximum absolute atomic E-state index is 12.1. The van der Waals surface area contributed by atoms with Crippen LogP contribution in [0.15, 0.2) is 0 Å². The Balaban J connectivity index is 2.32. The normalized spacial score (nSPS) is 18.3. The SMILES string of the molecule is CC(C)C(CN)C(=O)N(C)CCC1CCC1. The van der Waals surface area contributed by atoms with Crippen LogP contribution in [-0.2, 0) is 4.79 Å². The Morgan fingerprint density at radius 2 is 2.06 bits per heavy atom. The summed E-state index contributed by atoms with van der Waals surface area (Å²) in [6.45, 7) is 5.49. The van der Waals surface area contributed by atoms with Crippen LogP contribution in [0.5, 0.6) is 0 Å². The van der Waals surface area contributed by atoms with Crippen molar-refractivity contribution in [3.63, 3.8) is 0 Å². The van der Waals surface area contributed by atoms with Crippen molar-refractivity contribution < 1.29 is 4.79 Å². The van der Waals surface area contributed by atoms with Gasteiger partial charge in [-0.15, -0.1) is 0 Å². The van der Waals surface area contributed by atoms with Crippen LogP contribution in [0.4, 0.5) is 0 Å². The van der Waals surface area contributed by atoms with Crippen LogP contribution in [0.25, 0.3) is 0 Å². The van der Waals surface area contributed by atoms with Gasteiger partial charge in [-0.2, -0.15) is 0 Å². The van der Waals surface area contributed by atoms with E-state index in [2.05, 4.69) is 13.8 Å². The lowest BCUT2D eigenvalue weighted by Gasteiger charge is -2.30. The molecule has 94 valence electrons. The van der Waals surface area contributed by atoms with Crippen molar-refractivity contribution in [3.8, 4) is 0 Å². The highest BCUT2D eigenvalue weighted by Gasteiger charge is 2.25.